The van der Waals surface area contributed by atoms with E-state index in [1.807, 2.05) is 17.9 Å². The second kappa shape index (κ2) is 7.66. The third-order valence-corrected chi connectivity index (χ3v) is 4.55. The van der Waals surface area contributed by atoms with Crippen molar-refractivity contribution in [3.05, 3.63) is 29.3 Å². The van der Waals surface area contributed by atoms with Crippen LogP contribution in [0, 0.1) is 6.92 Å². The normalized spacial score (nSPS) is 18.4. The van der Waals surface area contributed by atoms with Crippen molar-refractivity contribution in [2.45, 2.75) is 26.8 Å². The largest absolute Gasteiger partial charge is 0.345 e. The molecule has 0 bridgehead atoms. The van der Waals surface area contributed by atoms with Crippen molar-refractivity contribution in [2.24, 2.45) is 0 Å². The number of carbonyl (C=O) groups excluding carboxylic acids is 2. The number of nitrogens with zero attached hydrogens (tertiary/aromatic N) is 3. The summed E-state index contributed by atoms with van der Waals surface area (Å²) >= 11 is 0. The summed E-state index contributed by atoms with van der Waals surface area (Å²) in [5, 5.41) is 2.98. The third-order valence-electron chi connectivity index (χ3n) is 4.55. The standard InChI is InChI=1S/C18H28N4O2/c1-6-21-9-10-22(14(3)12-21)18(24)19-16-11-15(8-7-13(16)2)17(23)20(4)5/h7-8,11,14H,6,9-10,12H2,1-5H3,(H,19,24). The van der Waals surface area contributed by atoms with E-state index >= 15 is 0 Å². The molecule has 1 heterocycles. The number of carbonyl (C=O) groups is 2. The molecule has 24 heavy (non-hydrogen) atoms. The number of hydrogen-bond acceptors (Lipinski definition) is 3. The number of benzene rings is 1. The second-order valence-electron chi connectivity index (χ2n) is 6.60. The molecule has 1 N–H and O–H groups in total. The molecule has 0 aliphatic carbocycles. The average molecular weight is 332 g/mol. The highest BCUT2D eigenvalue weighted by molar-refractivity contribution is 5.97. The summed E-state index contributed by atoms with van der Waals surface area (Å²) in [6, 6.07) is 5.48. The fourth-order valence-electron chi connectivity index (χ4n) is 2.96. The van der Waals surface area contributed by atoms with Crippen LogP contribution in [0.3, 0.4) is 0 Å². The molecule has 0 radical (unpaired) electrons. The van der Waals surface area contributed by atoms with Crippen LogP contribution in [0.2, 0.25) is 0 Å². The molecule has 6 nitrogen and oxygen atoms in total. The lowest BCUT2D eigenvalue weighted by Crippen LogP contribution is -2.54. The molecule has 6 heteroatoms. The molecule has 1 atom stereocenters. The fourth-order valence-corrected chi connectivity index (χ4v) is 2.96. The molecule has 0 saturated carbocycles. The molecule has 0 spiro atoms. The van der Waals surface area contributed by atoms with Gasteiger partial charge in [-0.05, 0) is 38.1 Å². The van der Waals surface area contributed by atoms with Gasteiger partial charge in [-0.25, -0.2) is 4.79 Å². The van der Waals surface area contributed by atoms with Gasteiger partial charge in [-0.2, -0.15) is 0 Å². The van der Waals surface area contributed by atoms with Crippen molar-refractivity contribution in [1.82, 2.24) is 14.7 Å². The summed E-state index contributed by atoms with van der Waals surface area (Å²) in [6.45, 7) is 9.65. The number of anilines is 1. The van der Waals surface area contributed by atoms with Crippen LogP contribution in [-0.2, 0) is 0 Å². The minimum atomic E-state index is -0.101. The Morgan fingerprint density at radius 2 is 2.00 bits per heavy atom. The van der Waals surface area contributed by atoms with Gasteiger partial charge in [0.1, 0.15) is 0 Å². The van der Waals surface area contributed by atoms with Crippen molar-refractivity contribution < 1.29 is 9.59 Å². The molecule has 132 valence electrons. The van der Waals surface area contributed by atoms with E-state index in [4.69, 9.17) is 0 Å². The Bertz CT molecular complexity index is 615. The van der Waals surface area contributed by atoms with Gasteiger partial charge in [-0.3, -0.25) is 9.69 Å². The number of likely N-dealkylation sites (N-methyl/N-ethyl adjacent to an activating group) is 1. The van der Waals surface area contributed by atoms with E-state index in [1.165, 1.54) is 4.90 Å². The zero-order chi connectivity index (χ0) is 17.9. The van der Waals surface area contributed by atoms with E-state index in [-0.39, 0.29) is 18.0 Å². The van der Waals surface area contributed by atoms with Crippen molar-refractivity contribution in [2.75, 3.05) is 45.6 Å². The van der Waals surface area contributed by atoms with Gasteiger partial charge < -0.3 is 15.1 Å². The molecule has 1 aromatic rings. The highest BCUT2D eigenvalue weighted by Crippen LogP contribution is 2.19. The van der Waals surface area contributed by atoms with Gasteiger partial charge >= 0.3 is 6.03 Å². The molecule has 1 saturated heterocycles. The Labute approximate surface area is 144 Å². The number of hydrogen-bond donors (Lipinski definition) is 1. The van der Waals surface area contributed by atoms with E-state index in [1.54, 1.807) is 26.2 Å². The summed E-state index contributed by atoms with van der Waals surface area (Å²) in [5.41, 5.74) is 2.21. The van der Waals surface area contributed by atoms with Gasteiger partial charge in [0, 0.05) is 51.0 Å². The number of piperazine rings is 1. The van der Waals surface area contributed by atoms with Gasteiger partial charge in [0.2, 0.25) is 0 Å². The van der Waals surface area contributed by atoms with E-state index < -0.39 is 0 Å². The highest BCUT2D eigenvalue weighted by Gasteiger charge is 2.27. The topological polar surface area (TPSA) is 55.9 Å². The molecule has 3 amide bonds. The maximum atomic E-state index is 12.6. The maximum Gasteiger partial charge on any atom is 0.322 e. The predicted octanol–water partition coefficient (Wildman–Crippen LogP) is 2.25. The maximum absolute atomic E-state index is 12.6. The van der Waals surface area contributed by atoms with Gasteiger partial charge in [0.25, 0.3) is 5.91 Å². The smallest absolute Gasteiger partial charge is 0.322 e. The summed E-state index contributed by atoms with van der Waals surface area (Å²) < 4.78 is 0. The highest BCUT2D eigenvalue weighted by atomic mass is 16.2. The van der Waals surface area contributed by atoms with Crippen LogP contribution in [-0.4, -0.2) is 73.0 Å². The van der Waals surface area contributed by atoms with Crippen LogP contribution in [0.15, 0.2) is 18.2 Å². The Kier molecular flexibility index (Phi) is 5.83. The number of rotatable bonds is 3. The molecular formula is C18H28N4O2. The summed E-state index contributed by atoms with van der Waals surface area (Å²) in [4.78, 5) is 30.5. The van der Waals surface area contributed by atoms with Crippen LogP contribution in [0.4, 0.5) is 10.5 Å². The third kappa shape index (κ3) is 4.06. The minimum absolute atomic E-state index is 0.0737. The van der Waals surface area contributed by atoms with Crippen LogP contribution < -0.4 is 5.32 Å². The lowest BCUT2D eigenvalue weighted by atomic mass is 10.1. The molecule has 1 fully saturated rings. The van der Waals surface area contributed by atoms with Crippen LogP contribution in [0.1, 0.15) is 29.8 Å². The number of urea groups is 1. The zero-order valence-electron chi connectivity index (χ0n) is 15.3. The van der Waals surface area contributed by atoms with Crippen LogP contribution >= 0.6 is 0 Å². The Balaban J connectivity index is 2.11. The molecular weight excluding hydrogens is 304 g/mol. The van der Waals surface area contributed by atoms with E-state index in [2.05, 4.69) is 24.1 Å². The SMILES string of the molecule is CCN1CCN(C(=O)Nc2cc(C(=O)N(C)C)ccc2C)C(C)C1. The van der Waals surface area contributed by atoms with Gasteiger partial charge in [0.15, 0.2) is 0 Å². The first kappa shape index (κ1) is 18.3. The molecule has 1 aliphatic rings. The second-order valence-corrected chi connectivity index (χ2v) is 6.60. The quantitative estimate of drug-likeness (QED) is 0.924. The average Bonchev–Trinajstić information content (AvgIpc) is 2.55. The van der Waals surface area contributed by atoms with Gasteiger partial charge in [-0.15, -0.1) is 0 Å². The number of nitrogens with one attached hydrogen (secondary N) is 1. The first-order valence-electron chi connectivity index (χ1n) is 8.45. The van der Waals surface area contributed by atoms with Crippen molar-refractivity contribution in [3.63, 3.8) is 0 Å². The number of aryl methyl sites for hydroxylation is 1. The van der Waals surface area contributed by atoms with Crippen LogP contribution in [0.5, 0.6) is 0 Å². The molecule has 0 aromatic heterocycles. The van der Waals surface area contributed by atoms with Crippen LogP contribution in [0.25, 0.3) is 0 Å². The van der Waals surface area contributed by atoms with Crippen molar-refractivity contribution >= 4 is 17.6 Å². The lowest BCUT2D eigenvalue weighted by molar-refractivity contribution is 0.0827. The van der Waals surface area contributed by atoms with E-state index in [0.717, 1.165) is 31.7 Å². The van der Waals surface area contributed by atoms with E-state index in [0.29, 0.717) is 11.3 Å². The van der Waals surface area contributed by atoms with Crippen molar-refractivity contribution in [3.8, 4) is 0 Å². The lowest BCUT2D eigenvalue weighted by Gasteiger charge is -2.39. The first-order valence-corrected chi connectivity index (χ1v) is 8.45. The van der Waals surface area contributed by atoms with Gasteiger partial charge in [-0.1, -0.05) is 13.0 Å². The molecule has 1 unspecified atom stereocenters. The Morgan fingerprint density at radius 1 is 1.29 bits per heavy atom. The van der Waals surface area contributed by atoms with Gasteiger partial charge in [0.05, 0.1) is 0 Å². The Morgan fingerprint density at radius 3 is 2.58 bits per heavy atom. The molecule has 1 aliphatic heterocycles. The Hall–Kier alpha value is -2.08. The van der Waals surface area contributed by atoms with E-state index in [9.17, 15) is 9.59 Å². The molecule has 2 rings (SSSR count). The predicted molar refractivity (Wildman–Crippen MR) is 96.5 cm³/mol. The minimum Gasteiger partial charge on any atom is -0.345 e. The summed E-state index contributed by atoms with van der Waals surface area (Å²) in [5.74, 6) is -0.0737. The fraction of sp³-hybridized carbons (Fsp3) is 0.556. The first-order chi connectivity index (χ1) is 11.3. The summed E-state index contributed by atoms with van der Waals surface area (Å²) in [7, 11) is 3.44. The molecule has 1 aromatic carbocycles. The zero-order valence-corrected chi connectivity index (χ0v) is 15.3. The monoisotopic (exact) mass is 332 g/mol. The summed E-state index contributed by atoms with van der Waals surface area (Å²) in [6.07, 6.45) is 0. The van der Waals surface area contributed by atoms with Crippen molar-refractivity contribution in [1.29, 1.82) is 0 Å². The number of amides is 3.